The number of rotatable bonds is 2. The summed E-state index contributed by atoms with van der Waals surface area (Å²) in [5, 5.41) is 3.25. The lowest BCUT2D eigenvalue weighted by molar-refractivity contribution is -0.119. The zero-order chi connectivity index (χ0) is 12.4. The Balaban J connectivity index is 0.00000162. The van der Waals surface area contributed by atoms with Gasteiger partial charge in [-0.2, -0.15) is 0 Å². The van der Waals surface area contributed by atoms with Gasteiger partial charge in [0.25, 0.3) is 0 Å². The molecule has 1 aromatic rings. The number of benzene rings is 1. The Morgan fingerprint density at radius 3 is 2.44 bits per heavy atom. The van der Waals surface area contributed by atoms with Crippen LogP contribution in [0.5, 0.6) is 0 Å². The Kier molecular flexibility index (Phi) is 5.35. The Hall–Kier alpha value is -0.870. The lowest BCUT2D eigenvalue weighted by Crippen LogP contribution is -2.42. The number of likely N-dealkylation sites (N-methyl/N-ethyl adjacent to an activating group) is 1. The molecule has 0 saturated carbocycles. The van der Waals surface area contributed by atoms with E-state index >= 15 is 0 Å². The molecular weight excluding hydrogens is 292 g/mol. The molecule has 2 rings (SSSR count). The molecule has 1 amide bonds. The molecule has 0 unspecified atom stereocenters. The first-order chi connectivity index (χ1) is 8.11. The van der Waals surface area contributed by atoms with Crippen molar-refractivity contribution in [1.29, 1.82) is 0 Å². The number of nitrogens with one attached hydrogen (secondary N) is 1. The molecule has 1 saturated heterocycles. The number of halogens is 1. The molecule has 100 valence electrons. The SMILES string of the molecule is Br.Cc1cccc(C)c1N(C)C(=O)[C@H]1CCCN1. The van der Waals surface area contributed by atoms with Crippen LogP contribution in [0.15, 0.2) is 18.2 Å². The van der Waals surface area contributed by atoms with Gasteiger partial charge in [0.05, 0.1) is 6.04 Å². The number of hydrogen-bond acceptors (Lipinski definition) is 2. The van der Waals surface area contributed by atoms with Gasteiger partial charge in [-0.15, -0.1) is 17.0 Å². The van der Waals surface area contributed by atoms with E-state index in [0.717, 1.165) is 36.2 Å². The molecule has 1 aliphatic heterocycles. The van der Waals surface area contributed by atoms with Crippen LogP contribution in [0, 0.1) is 13.8 Å². The highest BCUT2D eigenvalue weighted by atomic mass is 79.9. The first-order valence-corrected chi connectivity index (χ1v) is 6.18. The minimum atomic E-state index is -0.000920. The summed E-state index contributed by atoms with van der Waals surface area (Å²) >= 11 is 0. The summed E-state index contributed by atoms with van der Waals surface area (Å²) in [6.07, 6.45) is 2.05. The van der Waals surface area contributed by atoms with E-state index in [1.807, 2.05) is 39.1 Å². The van der Waals surface area contributed by atoms with E-state index in [0.29, 0.717) is 0 Å². The second-order valence-electron chi connectivity index (χ2n) is 4.79. The van der Waals surface area contributed by atoms with Gasteiger partial charge in [-0.1, -0.05) is 18.2 Å². The van der Waals surface area contributed by atoms with Crippen molar-refractivity contribution in [3.63, 3.8) is 0 Å². The van der Waals surface area contributed by atoms with Crippen molar-refractivity contribution < 1.29 is 4.79 Å². The Morgan fingerprint density at radius 2 is 1.94 bits per heavy atom. The maximum atomic E-state index is 12.3. The number of nitrogens with zero attached hydrogens (tertiary/aromatic N) is 1. The standard InChI is InChI=1S/C14H20N2O.BrH/c1-10-6-4-7-11(2)13(10)16(3)14(17)12-8-5-9-15-12;/h4,6-7,12,15H,5,8-9H2,1-3H3;1H/t12-;/m1./s1. The topological polar surface area (TPSA) is 32.3 Å². The van der Waals surface area contributed by atoms with E-state index in [4.69, 9.17) is 0 Å². The summed E-state index contributed by atoms with van der Waals surface area (Å²) in [6.45, 7) is 5.05. The fourth-order valence-electron chi connectivity index (χ4n) is 2.57. The first-order valence-electron chi connectivity index (χ1n) is 6.18. The second kappa shape index (κ2) is 6.34. The molecular formula is C14H21BrN2O. The summed E-state index contributed by atoms with van der Waals surface area (Å²) < 4.78 is 0. The third-order valence-electron chi connectivity index (χ3n) is 3.46. The van der Waals surface area contributed by atoms with Crippen LogP contribution in [0.2, 0.25) is 0 Å². The lowest BCUT2D eigenvalue weighted by Gasteiger charge is -2.24. The van der Waals surface area contributed by atoms with Gasteiger partial charge in [0.1, 0.15) is 0 Å². The van der Waals surface area contributed by atoms with Crippen LogP contribution in [0.3, 0.4) is 0 Å². The molecule has 1 fully saturated rings. The quantitative estimate of drug-likeness (QED) is 0.910. The number of carbonyl (C=O) groups excluding carboxylic acids is 1. The van der Waals surface area contributed by atoms with E-state index in [-0.39, 0.29) is 28.9 Å². The number of carbonyl (C=O) groups is 1. The van der Waals surface area contributed by atoms with Crippen molar-refractivity contribution in [2.45, 2.75) is 32.7 Å². The predicted octanol–water partition coefficient (Wildman–Crippen LogP) is 2.60. The van der Waals surface area contributed by atoms with Gasteiger partial charge in [-0.05, 0) is 44.4 Å². The molecule has 0 spiro atoms. The van der Waals surface area contributed by atoms with E-state index in [2.05, 4.69) is 5.32 Å². The molecule has 0 aliphatic carbocycles. The molecule has 0 radical (unpaired) electrons. The maximum absolute atomic E-state index is 12.3. The van der Waals surface area contributed by atoms with Gasteiger partial charge in [0.15, 0.2) is 0 Å². The van der Waals surface area contributed by atoms with E-state index < -0.39 is 0 Å². The minimum Gasteiger partial charge on any atom is -0.314 e. The van der Waals surface area contributed by atoms with Crippen LogP contribution in [0.1, 0.15) is 24.0 Å². The highest BCUT2D eigenvalue weighted by Gasteiger charge is 2.26. The molecule has 18 heavy (non-hydrogen) atoms. The number of hydrogen-bond donors (Lipinski definition) is 1. The van der Waals surface area contributed by atoms with Crippen LogP contribution in [-0.4, -0.2) is 25.5 Å². The summed E-state index contributed by atoms with van der Waals surface area (Å²) in [5.74, 6) is 0.180. The van der Waals surface area contributed by atoms with Crippen LogP contribution < -0.4 is 10.2 Å². The Labute approximate surface area is 119 Å². The van der Waals surface area contributed by atoms with Crippen molar-refractivity contribution in [3.05, 3.63) is 29.3 Å². The highest BCUT2D eigenvalue weighted by Crippen LogP contribution is 2.24. The monoisotopic (exact) mass is 312 g/mol. The fraction of sp³-hybridized carbons (Fsp3) is 0.500. The third-order valence-corrected chi connectivity index (χ3v) is 3.46. The largest absolute Gasteiger partial charge is 0.314 e. The zero-order valence-electron chi connectivity index (χ0n) is 11.2. The summed E-state index contributed by atoms with van der Waals surface area (Å²) in [4.78, 5) is 14.1. The Bertz CT molecular complexity index is 408. The van der Waals surface area contributed by atoms with Crippen molar-refractivity contribution in [2.24, 2.45) is 0 Å². The van der Waals surface area contributed by atoms with Crippen LogP contribution in [-0.2, 0) is 4.79 Å². The van der Waals surface area contributed by atoms with E-state index in [1.54, 1.807) is 4.90 Å². The van der Waals surface area contributed by atoms with Gasteiger partial charge >= 0.3 is 0 Å². The molecule has 1 aliphatic rings. The average molecular weight is 313 g/mol. The second-order valence-corrected chi connectivity index (χ2v) is 4.79. The van der Waals surface area contributed by atoms with Gasteiger partial charge in [-0.3, -0.25) is 4.79 Å². The molecule has 1 heterocycles. The number of para-hydroxylation sites is 1. The summed E-state index contributed by atoms with van der Waals surface area (Å²) in [5.41, 5.74) is 3.35. The highest BCUT2D eigenvalue weighted by molar-refractivity contribution is 8.93. The van der Waals surface area contributed by atoms with Gasteiger partial charge < -0.3 is 10.2 Å². The molecule has 0 bridgehead atoms. The fourth-order valence-corrected chi connectivity index (χ4v) is 2.57. The molecule has 1 aromatic carbocycles. The van der Waals surface area contributed by atoms with Crippen molar-refractivity contribution >= 4 is 28.6 Å². The Morgan fingerprint density at radius 1 is 1.33 bits per heavy atom. The van der Waals surface area contributed by atoms with E-state index in [9.17, 15) is 4.79 Å². The van der Waals surface area contributed by atoms with E-state index in [1.165, 1.54) is 0 Å². The zero-order valence-corrected chi connectivity index (χ0v) is 12.9. The van der Waals surface area contributed by atoms with Crippen molar-refractivity contribution in [1.82, 2.24) is 5.32 Å². The van der Waals surface area contributed by atoms with Gasteiger partial charge in [0, 0.05) is 12.7 Å². The normalized spacial score (nSPS) is 18.3. The molecule has 0 aromatic heterocycles. The molecule has 4 heteroatoms. The molecule has 3 nitrogen and oxygen atoms in total. The summed E-state index contributed by atoms with van der Waals surface area (Å²) in [6, 6.07) is 6.13. The van der Waals surface area contributed by atoms with Gasteiger partial charge in [0.2, 0.25) is 5.91 Å². The van der Waals surface area contributed by atoms with Crippen LogP contribution in [0.25, 0.3) is 0 Å². The smallest absolute Gasteiger partial charge is 0.243 e. The van der Waals surface area contributed by atoms with Crippen molar-refractivity contribution in [3.8, 4) is 0 Å². The minimum absolute atomic E-state index is 0. The predicted molar refractivity (Wildman–Crippen MR) is 80.7 cm³/mol. The maximum Gasteiger partial charge on any atom is 0.243 e. The van der Waals surface area contributed by atoms with Crippen molar-refractivity contribution in [2.75, 3.05) is 18.5 Å². The van der Waals surface area contributed by atoms with Gasteiger partial charge in [-0.25, -0.2) is 0 Å². The first kappa shape index (κ1) is 15.2. The van der Waals surface area contributed by atoms with Crippen LogP contribution >= 0.6 is 17.0 Å². The summed E-state index contributed by atoms with van der Waals surface area (Å²) in [7, 11) is 1.87. The lowest BCUT2D eigenvalue weighted by atomic mass is 10.1. The molecule has 1 N–H and O–H groups in total. The number of anilines is 1. The number of amides is 1. The van der Waals surface area contributed by atoms with Crippen LogP contribution in [0.4, 0.5) is 5.69 Å². The molecule has 1 atom stereocenters. The third kappa shape index (κ3) is 2.93. The average Bonchev–Trinajstić information content (AvgIpc) is 2.81. The number of aryl methyl sites for hydroxylation is 2.